The van der Waals surface area contributed by atoms with E-state index in [0.717, 1.165) is 5.69 Å². The topological polar surface area (TPSA) is 63.2 Å². The molecule has 0 aliphatic rings. The number of benzene rings is 2. The molecular weight excluding hydrogens is 369 g/mol. The lowest BCUT2D eigenvalue weighted by atomic mass is 10.3. The zero-order valence-corrected chi connectivity index (χ0v) is 14.5. The zero-order chi connectivity index (χ0) is 16.9. The van der Waals surface area contributed by atoms with Crippen LogP contribution in [0, 0.1) is 0 Å². The average Bonchev–Trinajstić information content (AvgIpc) is 2.94. The monoisotopic (exact) mass is 379 g/mol. The van der Waals surface area contributed by atoms with Crippen molar-refractivity contribution in [2.75, 3.05) is 10.6 Å². The predicted octanol–water partition coefficient (Wildman–Crippen LogP) is 5.80. The largest absolute Gasteiger partial charge is 0.418 e. The van der Waals surface area contributed by atoms with E-state index in [0.29, 0.717) is 20.7 Å². The molecule has 0 radical (unpaired) electrons. The first kappa shape index (κ1) is 16.6. The van der Waals surface area contributed by atoms with Crippen molar-refractivity contribution in [2.45, 2.75) is 0 Å². The Balaban J connectivity index is 1.68. The van der Waals surface area contributed by atoms with Gasteiger partial charge in [-0.2, -0.15) is 0 Å². The predicted molar refractivity (Wildman–Crippen MR) is 97.9 cm³/mol. The van der Waals surface area contributed by atoms with Crippen molar-refractivity contribution in [3.63, 3.8) is 0 Å². The Morgan fingerprint density at radius 3 is 2.42 bits per heavy atom. The van der Waals surface area contributed by atoms with Gasteiger partial charge < -0.3 is 10.1 Å². The van der Waals surface area contributed by atoms with Gasteiger partial charge in [-0.05, 0) is 36.4 Å². The molecule has 8 heteroatoms. The summed E-state index contributed by atoms with van der Waals surface area (Å²) in [7, 11) is 0. The van der Waals surface area contributed by atoms with Crippen molar-refractivity contribution in [2.24, 2.45) is 0 Å². The molecule has 0 bridgehead atoms. The van der Waals surface area contributed by atoms with Crippen LogP contribution in [0.25, 0.3) is 0 Å². The zero-order valence-electron chi connectivity index (χ0n) is 12.1. The number of nitrogens with one attached hydrogen (secondary N) is 2. The normalized spacial score (nSPS) is 10.2. The van der Waals surface area contributed by atoms with Gasteiger partial charge in [0.15, 0.2) is 5.00 Å². The van der Waals surface area contributed by atoms with Gasteiger partial charge in [-0.15, -0.1) is 11.3 Å². The van der Waals surface area contributed by atoms with Gasteiger partial charge >= 0.3 is 6.09 Å². The van der Waals surface area contributed by atoms with Crippen LogP contribution in [0.5, 0.6) is 5.88 Å². The molecular formula is C16H11Cl2N3O2S. The van der Waals surface area contributed by atoms with E-state index in [1.165, 1.54) is 11.3 Å². The van der Waals surface area contributed by atoms with E-state index >= 15 is 0 Å². The molecule has 0 atom stereocenters. The summed E-state index contributed by atoms with van der Waals surface area (Å²) < 4.78 is 5.24. The van der Waals surface area contributed by atoms with Crippen LogP contribution in [-0.2, 0) is 0 Å². The Labute approximate surface area is 152 Å². The van der Waals surface area contributed by atoms with Crippen LogP contribution in [0.3, 0.4) is 0 Å². The molecule has 3 rings (SSSR count). The maximum Gasteiger partial charge on any atom is 0.418 e. The molecule has 2 N–H and O–H groups in total. The molecule has 0 spiro atoms. The summed E-state index contributed by atoms with van der Waals surface area (Å²) in [6.07, 6.45) is -0.655. The first-order valence-electron chi connectivity index (χ1n) is 6.80. The van der Waals surface area contributed by atoms with Crippen LogP contribution in [0.2, 0.25) is 10.0 Å². The van der Waals surface area contributed by atoms with Gasteiger partial charge in [0.05, 0.1) is 5.51 Å². The fourth-order valence-corrected chi connectivity index (χ4v) is 2.89. The van der Waals surface area contributed by atoms with Crippen LogP contribution in [0.15, 0.2) is 54.0 Å². The van der Waals surface area contributed by atoms with E-state index in [1.807, 2.05) is 12.1 Å². The molecule has 24 heavy (non-hydrogen) atoms. The first-order valence-corrected chi connectivity index (χ1v) is 8.44. The molecule has 0 fully saturated rings. The van der Waals surface area contributed by atoms with E-state index in [4.69, 9.17) is 27.9 Å². The second-order valence-electron chi connectivity index (χ2n) is 4.65. The Kier molecular flexibility index (Phi) is 5.20. The third-order valence-corrected chi connectivity index (χ3v) is 4.07. The molecule has 3 aromatic rings. The van der Waals surface area contributed by atoms with Gasteiger partial charge in [-0.3, -0.25) is 5.32 Å². The molecule has 0 unspecified atom stereocenters. The second kappa shape index (κ2) is 7.53. The Morgan fingerprint density at radius 1 is 1.04 bits per heavy atom. The van der Waals surface area contributed by atoms with Crippen LogP contribution < -0.4 is 15.4 Å². The summed E-state index contributed by atoms with van der Waals surface area (Å²) in [5.41, 5.74) is 2.88. The molecule has 122 valence electrons. The fourth-order valence-electron chi connectivity index (χ4n) is 1.89. The summed E-state index contributed by atoms with van der Waals surface area (Å²) in [5.74, 6) is 0.180. The SMILES string of the molecule is O=C(Nc1cccc(Cl)c1)Oc1ncsc1Nc1cccc(Cl)c1. The van der Waals surface area contributed by atoms with Crippen LogP contribution in [0.1, 0.15) is 0 Å². The van der Waals surface area contributed by atoms with E-state index in [9.17, 15) is 4.79 Å². The highest BCUT2D eigenvalue weighted by Gasteiger charge is 2.13. The van der Waals surface area contributed by atoms with Crippen LogP contribution in [0.4, 0.5) is 21.2 Å². The van der Waals surface area contributed by atoms with E-state index in [-0.39, 0.29) is 5.88 Å². The number of carbonyl (C=O) groups is 1. The standard InChI is InChI=1S/C16H11Cl2N3O2S/c17-10-3-1-5-12(7-10)20-15-14(19-9-24-15)23-16(22)21-13-6-2-4-11(18)8-13/h1-9,20H,(H,21,22). The van der Waals surface area contributed by atoms with Crippen molar-refractivity contribution < 1.29 is 9.53 Å². The fraction of sp³-hybridized carbons (Fsp3) is 0. The van der Waals surface area contributed by atoms with Crippen molar-refractivity contribution in [1.29, 1.82) is 0 Å². The number of anilines is 3. The number of thiazole rings is 1. The maximum atomic E-state index is 12.0. The van der Waals surface area contributed by atoms with E-state index < -0.39 is 6.09 Å². The van der Waals surface area contributed by atoms with Crippen LogP contribution >= 0.6 is 34.5 Å². The Bertz CT molecular complexity index is 870. The van der Waals surface area contributed by atoms with Crippen molar-refractivity contribution in [3.8, 4) is 5.88 Å². The summed E-state index contributed by atoms with van der Waals surface area (Å²) in [5, 5.41) is 7.43. The van der Waals surface area contributed by atoms with Gasteiger partial charge in [-0.25, -0.2) is 9.78 Å². The lowest BCUT2D eigenvalue weighted by molar-refractivity contribution is 0.214. The van der Waals surface area contributed by atoms with E-state index in [2.05, 4.69) is 15.6 Å². The lowest BCUT2D eigenvalue weighted by Crippen LogP contribution is -2.17. The number of ether oxygens (including phenoxy) is 1. The molecule has 0 saturated carbocycles. The van der Waals surface area contributed by atoms with Gasteiger partial charge in [0.25, 0.3) is 5.88 Å². The quantitative estimate of drug-likeness (QED) is 0.600. The van der Waals surface area contributed by atoms with Crippen molar-refractivity contribution in [3.05, 3.63) is 64.1 Å². The number of carbonyl (C=O) groups excluding carboxylic acids is 1. The molecule has 1 amide bonds. The van der Waals surface area contributed by atoms with Crippen molar-refractivity contribution in [1.82, 2.24) is 4.98 Å². The summed E-state index contributed by atoms with van der Waals surface area (Å²) in [6.45, 7) is 0. The average molecular weight is 380 g/mol. The third kappa shape index (κ3) is 4.38. The number of hydrogen-bond acceptors (Lipinski definition) is 5. The van der Waals surface area contributed by atoms with Gasteiger partial charge in [0.1, 0.15) is 0 Å². The highest BCUT2D eigenvalue weighted by molar-refractivity contribution is 7.14. The molecule has 0 aliphatic heterocycles. The minimum atomic E-state index is -0.655. The van der Waals surface area contributed by atoms with Crippen molar-refractivity contribution >= 4 is 57.0 Å². The summed E-state index contributed by atoms with van der Waals surface area (Å²) in [6, 6.07) is 14.0. The van der Waals surface area contributed by atoms with Gasteiger partial charge in [0.2, 0.25) is 0 Å². The van der Waals surface area contributed by atoms with Crippen LogP contribution in [-0.4, -0.2) is 11.1 Å². The molecule has 0 aliphatic carbocycles. The number of hydrogen-bond donors (Lipinski definition) is 2. The lowest BCUT2D eigenvalue weighted by Gasteiger charge is -2.08. The third-order valence-electron chi connectivity index (χ3n) is 2.88. The number of nitrogens with zero attached hydrogens (tertiary/aromatic N) is 1. The first-order chi connectivity index (χ1) is 11.6. The van der Waals surface area contributed by atoms with Gasteiger partial charge in [0, 0.05) is 21.4 Å². The van der Waals surface area contributed by atoms with E-state index in [1.54, 1.807) is 41.9 Å². The number of amides is 1. The number of halogens is 2. The Hall–Kier alpha value is -2.28. The molecule has 2 aromatic carbocycles. The molecule has 5 nitrogen and oxygen atoms in total. The number of aromatic nitrogens is 1. The minimum Gasteiger partial charge on any atom is -0.388 e. The highest BCUT2D eigenvalue weighted by atomic mass is 35.5. The second-order valence-corrected chi connectivity index (χ2v) is 6.37. The molecule has 0 saturated heterocycles. The maximum absolute atomic E-state index is 12.0. The highest BCUT2D eigenvalue weighted by Crippen LogP contribution is 2.31. The Morgan fingerprint density at radius 2 is 1.71 bits per heavy atom. The smallest absolute Gasteiger partial charge is 0.388 e. The molecule has 1 aromatic heterocycles. The number of rotatable bonds is 4. The van der Waals surface area contributed by atoms with Gasteiger partial charge in [-0.1, -0.05) is 35.3 Å². The summed E-state index contributed by atoms with van der Waals surface area (Å²) in [4.78, 5) is 16.0. The summed E-state index contributed by atoms with van der Waals surface area (Å²) >= 11 is 13.1. The molecule has 1 heterocycles. The minimum absolute atomic E-state index is 0.180.